The molecule has 1 aromatic carbocycles. The van der Waals surface area contributed by atoms with E-state index in [2.05, 4.69) is 0 Å². The minimum Gasteiger partial charge on any atom is -0.209 e. The molecule has 1 aromatic rings. The second-order valence-electron chi connectivity index (χ2n) is 3.16. The van der Waals surface area contributed by atoms with Gasteiger partial charge in [-0.05, 0) is 18.2 Å². The van der Waals surface area contributed by atoms with Crippen LogP contribution in [0.15, 0.2) is 34.1 Å². The van der Waals surface area contributed by atoms with Crippen molar-refractivity contribution in [2.75, 3.05) is 6.54 Å². The molecule has 0 spiro atoms. The largest absolute Gasteiger partial charge is 0.261 e. The highest BCUT2D eigenvalue weighted by molar-refractivity contribution is 8.13. The molecular formula is C8H8ClF2NO4S2. The number of hydrogen-bond donors (Lipinski definition) is 1. The zero-order valence-corrected chi connectivity index (χ0v) is 11.1. The number of sulfonamides is 1. The lowest BCUT2D eigenvalue weighted by atomic mass is 10.4. The highest BCUT2D eigenvalue weighted by Gasteiger charge is 2.19. The molecule has 1 rings (SSSR count). The van der Waals surface area contributed by atoms with Crippen LogP contribution in [-0.4, -0.2) is 29.8 Å². The van der Waals surface area contributed by atoms with Crippen molar-refractivity contribution in [2.45, 2.75) is 16.2 Å². The molecule has 0 amide bonds. The lowest BCUT2D eigenvalue weighted by Crippen LogP contribution is -2.28. The normalized spacial score (nSPS) is 12.9. The van der Waals surface area contributed by atoms with Gasteiger partial charge in [-0.25, -0.2) is 30.3 Å². The Bertz CT molecular complexity index is 630. The van der Waals surface area contributed by atoms with Crippen LogP contribution in [0.25, 0.3) is 0 Å². The Morgan fingerprint density at radius 1 is 1.17 bits per heavy atom. The molecular weight excluding hydrogens is 312 g/mol. The Labute approximate surface area is 107 Å². The van der Waals surface area contributed by atoms with Crippen LogP contribution in [0.5, 0.6) is 0 Å². The van der Waals surface area contributed by atoms with Gasteiger partial charge in [0, 0.05) is 10.7 Å². The summed E-state index contributed by atoms with van der Waals surface area (Å²) in [4.78, 5) is -0.881. The van der Waals surface area contributed by atoms with Crippen molar-refractivity contribution in [1.29, 1.82) is 0 Å². The molecule has 0 bridgehead atoms. The van der Waals surface area contributed by atoms with Crippen LogP contribution < -0.4 is 4.72 Å². The molecule has 0 aliphatic carbocycles. The number of nitrogens with one attached hydrogen (secondary N) is 1. The van der Waals surface area contributed by atoms with Gasteiger partial charge in [0.15, 0.2) is 0 Å². The van der Waals surface area contributed by atoms with E-state index < -0.39 is 41.8 Å². The van der Waals surface area contributed by atoms with Crippen LogP contribution in [0.1, 0.15) is 0 Å². The van der Waals surface area contributed by atoms with Gasteiger partial charge >= 0.3 is 0 Å². The number of alkyl halides is 2. The lowest BCUT2D eigenvalue weighted by Gasteiger charge is -2.06. The molecule has 0 aliphatic heterocycles. The third kappa shape index (κ3) is 4.16. The Morgan fingerprint density at radius 2 is 1.72 bits per heavy atom. The number of benzene rings is 1. The summed E-state index contributed by atoms with van der Waals surface area (Å²) in [5.74, 6) is 0. The Morgan fingerprint density at radius 3 is 2.22 bits per heavy atom. The fourth-order valence-corrected chi connectivity index (χ4v) is 2.97. The first-order valence-electron chi connectivity index (χ1n) is 4.45. The monoisotopic (exact) mass is 319 g/mol. The van der Waals surface area contributed by atoms with Gasteiger partial charge in [-0.15, -0.1) is 0 Å². The number of hydrogen-bond acceptors (Lipinski definition) is 4. The van der Waals surface area contributed by atoms with Crippen molar-refractivity contribution in [3.05, 3.63) is 24.3 Å². The van der Waals surface area contributed by atoms with E-state index in [4.69, 9.17) is 10.7 Å². The van der Waals surface area contributed by atoms with E-state index in [0.29, 0.717) is 0 Å². The second kappa shape index (κ2) is 5.47. The average molecular weight is 320 g/mol. The summed E-state index contributed by atoms with van der Waals surface area (Å²) in [6.07, 6.45) is -2.85. The van der Waals surface area contributed by atoms with Gasteiger partial charge in [-0.1, -0.05) is 6.07 Å². The molecule has 102 valence electrons. The third-order valence-electron chi connectivity index (χ3n) is 1.82. The molecule has 10 heteroatoms. The van der Waals surface area contributed by atoms with Crippen LogP contribution in [0.2, 0.25) is 0 Å². The van der Waals surface area contributed by atoms with Crippen LogP contribution >= 0.6 is 10.7 Å². The smallest absolute Gasteiger partial charge is 0.209 e. The summed E-state index contributed by atoms with van der Waals surface area (Å²) in [5.41, 5.74) is 0. The molecule has 5 nitrogen and oxygen atoms in total. The molecule has 1 N–H and O–H groups in total. The SMILES string of the molecule is O=S(=O)(Cl)c1cccc(S(=O)(=O)NCC(F)F)c1. The van der Waals surface area contributed by atoms with Crippen molar-refractivity contribution in [3.8, 4) is 0 Å². The molecule has 0 unspecified atom stereocenters. The lowest BCUT2D eigenvalue weighted by molar-refractivity contribution is 0.153. The fraction of sp³-hybridized carbons (Fsp3) is 0.250. The molecule has 0 radical (unpaired) electrons. The van der Waals surface area contributed by atoms with Crippen LogP contribution in [0.3, 0.4) is 0 Å². The van der Waals surface area contributed by atoms with E-state index in [9.17, 15) is 25.6 Å². The first-order chi connectivity index (χ1) is 8.13. The Balaban J connectivity index is 3.11. The van der Waals surface area contributed by atoms with Crippen LogP contribution in [-0.2, 0) is 19.1 Å². The summed E-state index contributed by atoms with van der Waals surface area (Å²) in [6, 6.07) is 4.09. The molecule has 0 saturated heterocycles. The molecule has 18 heavy (non-hydrogen) atoms. The van der Waals surface area contributed by atoms with E-state index in [-0.39, 0.29) is 0 Å². The summed E-state index contributed by atoms with van der Waals surface area (Å²) < 4.78 is 70.5. The van der Waals surface area contributed by atoms with Gasteiger partial charge in [-0.2, -0.15) is 0 Å². The molecule has 0 heterocycles. The molecule has 0 fully saturated rings. The predicted molar refractivity (Wildman–Crippen MR) is 60.7 cm³/mol. The zero-order valence-electron chi connectivity index (χ0n) is 8.68. The van der Waals surface area contributed by atoms with Gasteiger partial charge in [0.1, 0.15) is 0 Å². The van der Waals surface area contributed by atoms with Crippen molar-refractivity contribution < 1.29 is 25.6 Å². The average Bonchev–Trinajstić information content (AvgIpc) is 2.26. The number of rotatable bonds is 5. The summed E-state index contributed by atoms with van der Waals surface area (Å²) in [6.45, 7) is -1.06. The molecule has 0 aliphatic rings. The molecule has 0 aromatic heterocycles. The van der Waals surface area contributed by atoms with Gasteiger partial charge in [0.05, 0.1) is 16.3 Å². The van der Waals surface area contributed by atoms with Crippen molar-refractivity contribution >= 4 is 29.8 Å². The molecule has 0 saturated carbocycles. The van der Waals surface area contributed by atoms with E-state index in [0.717, 1.165) is 24.3 Å². The van der Waals surface area contributed by atoms with Gasteiger partial charge in [-0.3, -0.25) is 0 Å². The topological polar surface area (TPSA) is 80.3 Å². The Hall–Kier alpha value is -0.770. The van der Waals surface area contributed by atoms with Gasteiger partial charge in [0.2, 0.25) is 10.0 Å². The summed E-state index contributed by atoms with van der Waals surface area (Å²) in [7, 11) is -3.23. The van der Waals surface area contributed by atoms with E-state index in [1.54, 1.807) is 4.72 Å². The maximum absolute atomic E-state index is 11.9. The second-order valence-corrected chi connectivity index (χ2v) is 7.49. The fourth-order valence-electron chi connectivity index (χ4n) is 1.05. The Kier molecular flexibility index (Phi) is 4.65. The van der Waals surface area contributed by atoms with E-state index in [1.165, 1.54) is 0 Å². The highest BCUT2D eigenvalue weighted by atomic mass is 35.7. The predicted octanol–water partition coefficient (Wildman–Crippen LogP) is 1.16. The van der Waals surface area contributed by atoms with Crippen molar-refractivity contribution in [1.82, 2.24) is 4.72 Å². The minimum absolute atomic E-state index is 0.427. The van der Waals surface area contributed by atoms with Crippen molar-refractivity contribution in [2.24, 2.45) is 0 Å². The first kappa shape index (κ1) is 15.3. The van der Waals surface area contributed by atoms with E-state index in [1.807, 2.05) is 0 Å². The summed E-state index contributed by atoms with van der Waals surface area (Å²) in [5, 5.41) is 0. The highest BCUT2D eigenvalue weighted by Crippen LogP contribution is 2.18. The molecule has 0 atom stereocenters. The van der Waals surface area contributed by atoms with Gasteiger partial charge in [0.25, 0.3) is 15.5 Å². The third-order valence-corrected chi connectivity index (χ3v) is 4.60. The van der Waals surface area contributed by atoms with Crippen LogP contribution in [0.4, 0.5) is 8.78 Å². The van der Waals surface area contributed by atoms with Crippen LogP contribution in [0, 0.1) is 0 Å². The standard InChI is InChI=1S/C8H8ClF2NO4S2/c9-17(13,14)6-2-1-3-7(4-6)18(15,16)12-5-8(10)11/h1-4,8,12H,5H2. The van der Waals surface area contributed by atoms with Gasteiger partial charge < -0.3 is 0 Å². The van der Waals surface area contributed by atoms with Crippen molar-refractivity contribution in [3.63, 3.8) is 0 Å². The quantitative estimate of drug-likeness (QED) is 0.826. The maximum atomic E-state index is 11.9. The van der Waals surface area contributed by atoms with E-state index >= 15 is 0 Å². The first-order valence-corrected chi connectivity index (χ1v) is 8.25. The summed E-state index contributed by atoms with van der Waals surface area (Å²) >= 11 is 0. The number of halogens is 3. The maximum Gasteiger partial charge on any atom is 0.261 e. The zero-order chi connectivity index (χ0) is 14.0. The minimum atomic E-state index is -4.19.